The van der Waals surface area contributed by atoms with Crippen molar-refractivity contribution in [3.8, 4) is 0 Å². The Bertz CT molecular complexity index is 1540. The van der Waals surface area contributed by atoms with Crippen LogP contribution in [0.1, 0.15) is 83.0 Å². The minimum atomic E-state index is -0.903. The number of aromatic nitrogens is 3. The summed E-state index contributed by atoms with van der Waals surface area (Å²) >= 11 is 0. The van der Waals surface area contributed by atoms with Crippen molar-refractivity contribution >= 4 is 42.5 Å². The molecule has 0 aliphatic rings. The molecule has 1 N–H and O–H groups in total. The molecule has 0 amide bonds. The summed E-state index contributed by atoms with van der Waals surface area (Å²) in [5, 5.41) is 7.95. The molecule has 7 heteroatoms. The van der Waals surface area contributed by atoms with Gasteiger partial charge in [-0.3, -0.25) is 9.97 Å². The number of nitrogens with one attached hydrogen (secondary N) is 1. The van der Waals surface area contributed by atoms with Crippen LogP contribution in [0.25, 0.3) is 27.8 Å². The van der Waals surface area contributed by atoms with E-state index in [1.165, 1.54) is 12.3 Å². The van der Waals surface area contributed by atoms with Crippen molar-refractivity contribution in [2.75, 3.05) is 6.16 Å². The first-order chi connectivity index (χ1) is 20.3. The van der Waals surface area contributed by atoms with Gasteiger partial charge in [0.05, 0.1) is 22.4 Å². The number of aryl methyl sites for hydroxylation is 1. The second kappa shape index (κ2) is 17.4. The number of nitrogens with zero attached hydrogens (tertiary/aromatic N) is 3. The van der Waals surface area contributed by atoms with E-state index in [4.69, 9.17) is 10.4 Å². The summed E-state index contributed by atoms with van der Waals surface area (Å²) in [6.45, 7) is 16.3. The largest absolute Gasteiger partial charge is 0.308 e. The molecule has 0 aliphatic carbocycles. The number of rotatable bonds is 9. The molecule has 1 unspecified atom stereocenters. The van der Waals surface area contributed by atoms with Gasteiger partial charge in [0.2, 0.25) is 0 Å². The van der Waals surface area contributed by atoms with Crippen LogP contribution in [0.2, 0.25) is 0 Å². The highest BCUT2D eigenvalue weighted by Gasteiger charge is 2.17. The summed E-state index contributed by atoms with van der Waals surface area (Å²) in [6.07, 6.45) is 7.10. The molecule has 0 spiro atoms. The second-order valence-corrected chi connectivity index (χ2v) is 10.8. The molecule has 3 aromatic heterocycles. The van der Waals surface area contributed by atoms with Gasteiger partial charge in [-0.2, -0.15) is 0 Å². The molecular weight excluding hydrogens is 545 g/mol. The van der Waals surface area contributed by atoms with Crippen LogP contribution in [-0.4, -0.2) is 27.3 Å². The summed E-state index contributed by atoms with van der Waals surface area (Å²) in [7, 11) is 0.632. The minimum Gasteiger partial charge on any atom is -0.308 e. The van der Waals surface area contributed by atoms with Crippen molar-refractivity contribution in [1.29, 1.82) is 5.41 Å². The van der Waals surface area contributed by atoms with E-state index in [0.717, 1.165) is 57.7 Å². The Morgan fingerprint density at radius 2 is 1.67 bits per heavy atom. The predicted molar refractivity (Wildman–Crippen MR) is 179 cm³/mol. The fourth-order valence-corrected chi connectivity index (χ4v) is 5.54. The second-order valence-electron chi connectivity index (χ2n) is 9.64. The molecule has 0 bridgehead atoms. The van der Waals surface area contributed by atoms with Gasteiger partial charge in [0.15, 0.2) is 11.6 Å². The van der Waals surface area contributed by atoms with Crippen LogP contribution in [0.5, 0.6) is 0 Å². The van der Waals surface area contributed by atoms with Crippen molar-refractivity contribution in [2.24, 2.45) is 5.92 Å². The summed E-state index contributed by atoms with van der Waals surface area (Å²) < 4.78 is 27.8. The van der Waals surface area contributed by atoms with Gasteiger partial charge in [-0.1, -0.05) is 68.1 Å². The third kappa shape index (κ3) is 8.93. The summed E-state index contributed by atoms with van der Waals surface area (Å²) in [6, 6.07) is 13.4. The molecule has 3 heterocycles. The van der Waals surface area contributed by atoms with Gasteiger partial charge in [-0.05, 0) is 85.4 Å². The normalized spacial score (nSPS) is 12.0. The summed E-state index contributed by atoms with van der Waals surface area (Å²) in [4.78, 5) is 14.2. The number of allylic oxidation sites excluding steroid dienone is 2. The third-order valence-electron chi connectivity index (χ3n) is 6.38. The molecule has 0 radical (unpaired) electrons. The van der Waals surface area contributed by atoms with E-state index >= 15 is 0 Å². The average molecular weight is 589 g/mol. The third-order valence-corrected chi connectivity index (χ3v) is 7.47. The monoisotopic (exact) mass is 588 g/mol. The zero-order valence-electron chi connectivity index (χ0n) is 26.0. The lowest BCUT2D eigenvalue weighted by molar-refractivity contribution is 0.508. The fourth-order valence-electron chi connectivity index (χ4n) is 4.18. The minimum absolute atomic E-state index is 0.550. The van der Waals surface area contributed by atoms with Crippen molar-refractivity contribution in [2.45, 2.75) is 61.8 Å². The number of fused-ring (bicyclic) bond motifs is 1. The Morgan fingerprint density at radius 3 is 2.31 bits per heavy atom. The fraction of sp³-hybridized carbons (Fsp3) is 0.314. The highest BCUT2D eigenvalue weighted by atomic mass is 31.1. The van der Waals surface area contributed by atoms with E-state index in [9.17, 15) is 8.78 Å². The van der Waals surface area contributed by atoms with Gasteiger partial charge in [-0.15, -0.1) is 0 Å². The van der Waals surface area contributed by atoms with Gasteiger partial charge < -0.3 is 5.41 Å². The Balaban J connectivity index is 0.00000148. The lowest BCUT2D eigenvalue weighted by Gasteiger charge is -2.15. The van der Waals surface area contributed by atoms with Crippen LogP contribution >= 0.6 is 8.58 Å². The Morgan fingerprint density at radius 1 is 0.929 bits per heavy atom. The van der Waals surface area contributed by atoms with E-state index in [1.807, 2.05) is 71.9 Å². The van der Waals surface area contributed by atoms with Gasteiger partial charge in [0, 0.05) is 35.3 Å². The maximum Gasteiger partial charge on any atom is 0.159 e. The van der Waals surface area contributed by atoms with Gasteiger partial charge >= 0.3 is 0 Å². The number of pyridine rings is 3. The lowest BCUT2D eigenvalue weighted by atomic mass is 9.93. The predicted octanol–water partition coefficient (Wildman–Crippen LogP) is 10.4. The molecular formula is C35H43F2N4P. The average Bonchev–Trinajstić information content (AvgIpc) is 3.01. The van der Waals surface area contributed by atoms with Crippen LogP contribution < -0.4 is 0 Å². The number of halogens is 2. The standard InChI is InChI=1S/C31H31F2N4P.2C2H6/c1-19(2)11-13-38-18-24(16-34)23-15-29-27(36-17-23)9-10-28(37-29)30(31-20(3)6-5-12-35-31)21(4)22-7-8-25(32)26(33)14-22;2*1-2/h5-10,12,14-19,34,38H,11,13H2,1-4H3;2*1-2H3/b24-18+,30-21+,34-16?;;. The Hall–Kier alpha value is -3.63. The first kappa shape index (κ1) is 34.6. The maximum atomic E-state index is 14.1. The molecule has 0 aliphatic heterocycles. The first-order valence-electron chi connectivity index (χ1n) is 14.6. The molecule has 4 nitrogen and oxygen atoms in total. The van der Waals surface area contributed by atoms with Crippen molar-refractivity contribution in [3.63, 3.8) is 0 Å². The SMILES string of the molecule is C/C(=C(/c1ccc2ncc(/C(C=N)=C/PCCC(C)C)cc2n1)c1ncccc1C)c1ccc(F)c(F)c1.CC.CC. The van der Waals surface area contributed by atoms with Gasteiger partial charge in [-0.25, -0.2) is 13.8 Å². The molecule has 0 saturated carbocycles. The molecule has 0 fully saturated rings. The number of hydrogen-bond acceptors (Lipinski definition) is 4. The molecule has 222 valence electrons. The molecule has 42 heavy (non-hydrogen) atoms. The quantitative estimate of drug-likeness (QED) is 0.120. The van der Waals surface area contributed by atoms with E-state index < -0.39 is 11.6 Å². The Labute approximate surface area is 251 Å². The van der Waals surface area contributed by atoms with Crippen LogP contribution in [0, 0.1) is 29.9 Å². The summed E-state index contributed by atoms with van der Waals surface area (Å²) in [5.74, 6) is 0.973. The lowest BCUT2D eigenvalue weighted by Crippen LogP contribution is -2.01. The van der Waals surface area contributed by atoms with Crippen molar-refractivity contribution in [1.82, 2.24) is 15.0 Å². The van der Waals surface area contributed by atoms with Crippen LogP contribution in [0.3, 0.4) is 0 Å². The van der Waals surface area contributed by atoms with Crippen LogP contribution in [0.4, 0.5) is 8.78 Å². The maximum absolute atomic E-state index is 14.1. The number of benzene rings is 1. The van der Waals surface area contributed by atoms with Crippen molar-refractivity contribution in [3.05, 3.63) is 106 Å². The Kier molecular flexibility index (Phi) is 14.3. The van der Waals surface area contributed by atoms with E-state index in [0.29, 0.717) is 31.3 Å². The molecule has 4 aromatic rings. The molecule has 4 rings (SSSR count). The van der Waals surface area contributed by atoms with Gasteiger partial charge in [0.25, 0.3) is 0 Å². The highest BCUT2D eigenvalue weighted by Crippen LogP contribution is 2.33. The zero-order chi connectivity index (χ0) is 31.2. The topological polar surface area (TPSA) is 62.5 Å². The summed E-state index contributed by atoms with van der Waals surface area (Å²) in [5.41, 5.74) is 7.40. The molecule has 1 aromatic carbocycles. The smallest absolute Gasteiger partial charge is 0.159 e. The highest BCUT2D eigenvalue weighted by molar-refractivity contribution is 7.42. The zero-order valence-corrected chi connectivity index (χ0v) is 27.0. The molecule has 0 saturated heterocycles. The van der Waals surface area contributed by atoms with Crippen LogP contribution in [0.15, 0.2) is 66.7 Å². The van der Waals surface area contributed by atoms with Crippen LogP contribution in [-0.2, 0) is 0 Å². The first-order valence-corrected chi connectivity index (χ1v) is 15.9. The van der Waals surface area contributed by atoms with E-state index in [-0.39, 0.29) is 0 Å². The van der Waals surface area contributed by atoms with Gasteiger partial charge in [0.1, 0.15) is 0 Å². The number of hydrogen-bond donors (Lipinski definition) is 1. The van der Waals surface area contributed by atoms with Crippen molar-refractivity contribution < 1.29 is 8.78 Å². The molecule has 1 atom stereocenters. The van der Waals surface area contributed by atoms with E-state index in [2.05, 4.69) is 29.6 Å². The van der Waals surface area contributed by atoms with E-state index in [1.54, 1.807) is 18.5 Å².